The number of rotatable bonds is 2. The van der Waals surface area contributed by atoms with Crippen LogP contribution in [0.25, 0.3) is 0 Å². The van der Waals surface area contributed by atoms with Gasteiger partial charge in [-0.25, -0.2) is 0 Å². The van der Waals surface area contributed by atoms with E-state index in [0.717, 1.165) is 18.7 Å². The highest BCUT2D eigenvalue weighted by atomic mass is 16.2. The fraction of sp³-hybridized carbons (Fsp3) is 0.263. The van der Waals surface area contributed by atoms with Crippen molar-refractivity contribution in [3.05, 3.63) is 71.3 Å². The molecule has 1 N–H and O–H groups in total. The topological polar surface area (TPSA) is 49.4 Å². The Balaban J connectivity index is 1.94. The number of fused-ring (bicyclic) bond motifs is 1. The van der Waals surface area contributed by atoms with Crippen LogP contribution in [0.4, 0.5) is 0 Å². The molecule has 1 fully saturated rings. The molecule has 1 aliphatic carbocycles. The van der Waals surface area contributed by atoms with Crippen molar-refractivity contribution in [3.8, 4) is 0 Å². The van der Waals surface area contributed by atoms with Crippen molar-refractivity contribution in [2.75, 3.05) is 26.2 Å². The molecule has 0 unspecified atom stereocenters. The van der Waals surface area contributed by atoms with Crippen molar-refractivity contribution in [1.29, 1.82) is 0 Å². The first-order valence-corrected chi connectivity index (χ1v) is 7.96. The summed E-state index contributed by atoms with van der Waals surface area (Å²) >= 11 is 0. The zero-order valence-electron chi connectivity index (χ0n) is 12.8. The van der Waals surface area contributed by atoms with Gasteiger partial charge in [0.1, 0.15) is 0 Å². The second-order valence-corrected chi connectivity index (χ2v) is 6.02. The molecule has 2 aromatic rings. The Bertz CT molecular complexity index is 729. The summed E-state index contributed by atoms with van der Waals surface area (Å²) < 4.78 is 0. The van der Waals surface area contributed by atoms with E-state index in [-0.39, 0.29) is 11.6 Å². The third kappa shape index (κ3) is 1.92. The normalized spacial score (nSPS) is 20.5. The summed E-state index contributed by atoms with van der Waals surface area (Å²) in [6.07, 6.45) is 0. The Hall–Kier alpha value is -2.30. The molecule has 0 spiro atoms. The third-order valence-corrected chi connectivity index (χ3v) is 4.86. The highest BCUT2D eigenvalue weighted by molar-refractivity contribution is 6.32. The van der Waals surface area contributed by atoms with Crippen molar-refractivity contribution in [1.82, 2.24) is 10.2 Å². The van der Waals surface area contributed by atoms with Crippen molar-refractivity contribution in [2.24, 2.45) is 0 Å². The number of piperazine rings is 1. The van der Waals surface area contributed by atoms with Gasteiger partial charge in [-0.1, -0.05) is 54.6 Å². The number of ketones is 2. The first-order valence-electron chi connectivity index (χ1n) is 7.96. The summed E-state index contributed by atoms with van der Waals surface area (Å²) in [4.78, 5) is 28.7. The molecule has 1 heterocycles. The van der Waals surface area contributed by atoms with E-state index in [9.17, 15) is 9.59 Å². The molecule has 0 radical (unpaired) electrons. The number of nitrogens with zero attached hydrogens (tertiary/aromatic N) is 1. The minimum Gasteiger partial charge on any atom is -0.314 e. The third-order valence-electron chi connectivity index (χ3n) is 4.86. The second-order valence-electron chi connectivity index (χ2n) is 6.02. The van der Waals surface area contributed by atoms with Gasteiger partial charge < -0.3 is 5.32 Å². The average Bonchev–Trinajstić information content (AvgIpc) is 2.86. The first-order chi connectivity index (χ1) is 11.3. The van der Waals surface area contributed by atoms with Crippen molar-refractivity contribution in [3.63, 3.8) is 0 Å². The van der Waals surface area contributed by atoms with Gasteiger partial charge >= 0.3 is 0 Å². The monoisotopic (exact) mass is 306 g/mol. The molecular formula is C19H18N2O2. The van der Waals surface area contributed by atoms with Gasteiger partial charge in [-0.15, -0.1) is 0 Å². The van der Waals surface area contributed by atoms with Crippen LogP contribution in [-0.2, 0) is 5.54 Å². The molecule has 0 atom stereocenters. The van der Waals surface area contributed by atoms with Crippen LogP contribution in [0.2, 0.25) is 0 Å². The first kappa shape index (κ1) is 14.3. The molecule has 1 saturated heterocycles. The van der Waals surface area contributed by atoms with Crippen LogP contribution in [0.5, 0.6) is 0 Å². The lowest BCUT2D eigenvalue weighted by molar-refractivity contribution is 0.0443. The maximum atomic E-state index is 13.3. The van der Waals surface area contributed by atoms with Crippen molar-refractivity contribution >= 4 is 11.6 Å². The number of nitrogens with one attached hydrogen (secondary N) is 1. The van der Waals surface area contributed by atoms with Crippen LogP contribution in [0.1, 0.15) is 26.3 Å². The lowest BCUT2D eigenvalue weighted by Crippen LogP contribution is -2.59. The van der Waals surface area contributed by atoms with E-state index in [2.05, 4.69) is 5.32 Å². The van der Waals surface area contributed by atoms with Crippen LogP contribution in [0, 0.1) is 0 Å². The highest BCUT2D eigenvalue weighted by Crippen LogP contribution is 2.42. The van der Waals surface area contributed by atoms with Gasteiger partial charge in [0, 0.05) is 37.3 Å². The molecule has 0 amide bonds. The maximum absolute atomic E-state index is 13.3. The maximum Gasteiger partial charge on any atom is 0.196 e. The number of hydrogen-bond acceptors (Lipinski definition) is 4. The Morgan fingerprint density at radius 1 is 0.783 bits per heavy atom. The summed E-state index contributed by atoms with van der Waals surface area (Å²) in [5.74, 6) is -0.183. The van der Waals surface area contributed by atoms with Gasteiger partial charge in [0.05, 0.1) is 0 Å². The minimum absolute atomic E-state index is 0.0915. The van der Waals surface area contributed by atoms with Gasteiger partial charge in [-0.3, -0.25) is 14.5 Å². The number of benzene rings is 2. The predicted octanol–water partition coefficient (Wildman–Crippen LogP) is 1.87. The molecular weight excluding hydrogens is 288 g/mol. The lowest BCUT2D eigenvalue weighted by atomic mass is 9.82. The summed E-state index contributed by atoms with van der Waals surface area (Å²) in [5.41, 5.74) is 0.653. The van der Waals surface area contributed by atoms with Crippen LogP contribution < -0.4 is 5.32 Å². The highest BCUT2D eigenvalue weighted by Gasteiger charge is 2.57. The molecule has 0 aromatic heterocycles. The summed E-state index contributed by atoms with van der Waals surface area (Å²) in [6.45, 7) is 2.93. The van der Waals surface area contributed by atoms with E-state index in [1.54, 1.807) is 12.1 Å². The van der Waals surface area contributed by atoms with E-state index in [1.807, 2.05) is 47.4 Å². The van der Waals surface area contributed by atoms with E-state index in [1.165, 1.54) is 0 Å². The van der Waals surface area contributed by atoms with E-state index in [4.69, 9.17) is 0 Å². The van der Waals surface area contributed by atoms with Crippen LogP contribution in [0.15, 0.2) is 54.6 Å². The van der Waals surface area contributed by atoms with Crippen LogP contribution in [-0.4, -0.2) is 42.6 Å². The van der Waals surface area contributed by atoms with Crippen molar-refractivity contribution < 1.29 is 9.59 Å². The fourth-order valence-electron chi connectivity index (χ4n) is 3.78. The smallest absolute Gasteiger partial charge is 0.196 e. The average molecular weight is 306 g/mol. The number of hydrogen-bond donors (Lipinski definition) is 1. The molecule has 0 saturated carbocycles. The lowest BCUT2D eigenvalue weighted by Gasteiger charge is -2.41. The Kier molecular flexibility index (Phi) is 3.36. The standard InChI is InChI=1S/C19H18N2O2/c22-17-15-8-4-5-9-16(15)18(23)19(17,14-6-2-1-3-7-14)21-12-10-20-11-13-21/h1-9,20H,10-13H2. The van der Waals surface area contributed by atoms with E-state index in [0.29, 0.717) is 24.2 Å². The SMILES string of the molecule is O=C1c2ccccc2C(=O)C1(c1ccccc1)N1CCNCC1. The zero-order chi connectivity index (χ0) is 15.9. The second kappa shape index (κ2) is 5.41. The number of carbonyl (C=O) groups excluding carboxylic acids is 2. The largest absolute Gasteiger partial charge is 0.314 e. The molecule has 1 aliphatic heterocycles. The predicted molar refractivity (Wildman–Crippen MR) is 87.7 cm³/mol. The number of carbonyl (C=O) groups is 2. The Morgan fingerprint density at radius 3 is 1.87 bits per heavy atom. The molecule has 4 rings (SSSR count). The van der Waals surface area contributed by atoms with E-state index >= 15 is 0 Å². The van der Waals surface area contributed by atoms with Crippen LogP contribution >= 0.6 is 0 Å². The molecule has 4 heteroatoms. The molecule has 2 aromatic carbocycles. The van der Waals surface area contributed by atoms with Gasteiger partial charge in [0.25, 0.3) is 0 Å². The molecule has 2 aliphatic rings. The zero-order valence-corrected chi connectivity index (χ0v) is 12.8. The quantitative estimate of drug-likeness (QED) is 0.861. The van der Waals surface area contributed by atoms with Gasteiger partial charge in [0.15, 0.2) is 17.1 Å². The fourth-order valence-corrected chi connectivity index (χ4v) is 3.78. The molecule has 116 valence electrons. The van der Waals surface area contributed by atoms with Gasteiger partial charge in [-0.05, 0) is 5.56 Å². The Morgan fingerprint density at radius 2 is 1.30 bits per heavy atom. The van der Waals surface area contributed by atoms with E-state index < -0.39 is 5.54 Å². The van der Waals surface area contributed by atoms with Gasteiger partial charge in [-0.2, -0.15) is 0 Å². The summed E-state index contributed by atoms with van der Waals surface area (Å²) in [7, 11) is 0. The Labute approximate surface area is 135 Å². The molecule has 0 bridgehead atoms. The van der Waals surface area contributed by atoms with Crippen molar-refractivity contribution in [2.45, 2.75) is 5.54 Å². The molecule has 23 heavy (non-hydrogen) atoms. The summed E-state index contributed by atoms with van der Waals surface area (Å²) in [6, 6.07) is 16.7. The number of Topliss-reactive ketones (excluding diaryl/α,β-unsaturated/α-hetero) is 2. The van der Waals surface area contributed by atoms with Gasteiger partial charge in [0.2, 0.25) is 0 Å². The molecule has 4 nitrogen and oxygen atoms in total. The minimum atomic E-state index is -1.20. The summed E-state index contributed by atoms with van der Waals surface area (Å²) in [5, 5.41) is 3.29. The van der Waals surface area contributed by atoms with Crippen LogP contribution in [0.3, 0.4) is 0 Å².